The number of carbonyl (C=O) groups is 1. The van der Waals surface area contributed by atoms with E-state index in [-0.39, 0.29) is 5.78 Å². The second-order valence-electron chi connectivity index (χ2n) is 3.76. The zero-order valence-electron chi connectivity index (χ0n) is 9.72. The normalized spacial score (nSPS) is 12.1. The van der Waals surface area contributed by atoms with E-state index in [2.05, 4.69) is 4.98 Å². The molecule has 0 fully saturated rings. The molecule has 1 heterocycles. The van der Waals surface area contributed by atoms with Gasteiger partial charge in [0.25, 0.3) is 0 Å². The molecule has 2 aromatic rings. The number of hydrogen-bond donors (Lipinski definition) is 1. The Morgan fingerprint density at radius 1 is 1.24 bits per heavy atom. The van der Waals surface area contributed by atoms with Crippen LogP contribution in [-0.4, -0.2) is 10.8 Å². The van der Waals surface area contributed by atoms with E-state index in [1.807, 2.05) is 49.4 Å². The van der Waals surface area contributed by atoms with E-state index in [4.69, 9.17) is 4.74 Å². The standard InChI is InChI=1S/C14H15NO2/c1-2-13(16)14(12-9-6-10-15-12)17-11-7-4-3-5-8-11/h3-10,14-15H,2H2,1H3. The Labute approximate surface area is 100 Å². The van der Waals surface area contributed by atoms with Crippen molar-refractivity contribution in [3.63, 3.8) is 0 Å². The molecule has 2 rings (SSSR count). The minimum atomic E-state index is -0.544. The maximum atomic E-state index is 11.9. The summed E-state index contributed by atoms with van der Waals surface area (Å²) in [5, 5.41) is 0. The van der Waals surface area contributed by atoms with Gasteiger partial charge in [0.2, 0.25) is 0 Å². The Balaban J connectivity index is 2.20. The van der Waals surface area contributed by atoms with E-state index >= 15 is 0 Å². The van der Waals surface area contributed by atoms with E-state index in [1.54, 1.807) is 6.20 Å². The highest BCUT2D eigenvalue weighted by Gasteiger charge is 2.21. The highest BCUT2D eigenvalue weighted by atomic mass is 16.5. The lowest BCUT2D eigenvalue weighted by molar-refractivity contribution is -0.125. The molecule has 0 saturated carbocycles. The van der Waals surface area contributed by atoms with Crippen LogP contribution in [0.3, 0.4) is 0 Å². The van der Waals surface area contributed by atoms with Crippen molar-refractivity contribution in [3.05, 3.63) is 54.4 Å². The van der Waals surface area contributed by atoms with E-state index in [0.29, 0.717) is 12.2 Å². The van der Waals surface area contributed by atoms with Crippen LogP contribution < -0.4 is 4.74 Å². The molecule has 0 bridgehead atoms. The molecule has 0 aliphatic carbocycles. The van der Waals surface area contributed by atoms with E-state index < -0.39 is 6.10 Å². The Morgan fingerprint density at radius 3 is 2.59 bits per heavy atom. The zero-order valence-corrected chi connectivity index (χ0v) is 9.72. The van der Waals surface area contributed by atoms with Crippen LogP contribution in [0.15, 0.2) is 48.7 Å². The number of nitrogens with one attached hydrogen (secondary N) is 1. The van der Waals surface area contributed by atoms with Gasteiger partial charge in [-0.05, 0) is 24.3 Å². The van der Waals surface area contributed by atoms with E-state index in [9.17, 15) is 4.79 Å². The predicted octanol–water partition coefficient (Wildman–Crippen LogP) is 3.11. The molecule has 3 heteroatoms. The van der Waals surface area contributed by atoms with Crippen molar-refractivity contribution in [3.8, 4) is 5.75 Å². The number of rotatable bonds is 5. The summed E-state index contributed by atoms with van der Waals surface area (Å²) < 4.78 is 5.73. The highest BCUT2D eigenvalue weighted by Crippen LogP contribution is 2.22. The van der Waals surface area contributed by atoms with Crippen molar-refractivity contribution >= 4 is 5.78 Å². The first-order chi connectivity index (χ1) is 8.31. The van der Waals surface area contributed by atoms with Gasteiger partial charge in [0.05, 0.1) is 5.69 Å². The summed E-state index contributed by atoms with van der Waals surface area (Å²) in [6, 6.07) is 13.1. The van der Waals surface area contributed by atoms with Gasteiger partial charge in [-0.15, -0.1) is 0 Å². The van der Waals surface area contributed by atoms with Crippen LogP contribution in [0.4, 0.5) is 0 Å². The Hall–Kier alpha value is -2.03. The SMILES string of the molecule is CCC(=O)C(Oc1ccccc1)c1ccc[nH]1. The van der Waals surface area contributed by atoms with Crippen molar-refractivity contribution in [1.29, 1.82) is 0 Å². The zero-order chi connectivity index (χ0) is 12.1. The fraction of sp³-hybridized carbons (Fsp3) is 0.214. The van der Waals surface area contributed by atoms with Crippen molar-refractivity contribution < 1.29 is 9.53 Å². The minimum Gasteiger partial charge on any atom is -0.476 e. The number of Topliss-reactive ketones (excluding diaryl/α,β-unsaturated/α-hetero) is 1. The molecule has 3 nitrogen and oxygen atoms in total. The van der Waals surface area contributed by atoms with Crippen LogP contribution in [0.2, 0.25) is 0 Å². The van der Waals surface area contributed by atoms with Crippen molar-refractivity contribution in [2.75, 3.05) is 0 Å². The van der Waals surface area contributed by atoms with Gasteiger partial charge < -0.3 is 9.72 Å². The second-order valence-corrected chi connectivity index (χ2v) is 3.76. The van der Waals surface area contributed by atoms with Crippen molar-refractivity contribution in [2.24, 2.45) is 0 Å². The number of hydrogen-bond acceptors (Lipinski definition) is 2. The molecular weight excluding hydrogens is 214 g/mol. The van der Waals surface area contributed by atoms with Crippen LogP contribution in [0.5, 0.6) is 5.75 Å². The first kappa shape index (κ1) is 11.5. The molecule has 0 aliphatic heterocycles. The summed E-state index contributed by atoms with van der Waals surface area (Å²) in [4.78, 5) is 14.9. The number of para-hydroxylation sites is 1. The highest BCUT2D eigenvalue weighted by molar-refractivity contribution is 5.84. The third kappa shape index (κ3) is 2.75. The lowest BCUT2D eigenvalue weighted by Gasteiger charge is -2.16. The van der Waals surface area contributed by atoms with Crippen molar-refractivity contribution in [2.45, 2.75) is 19.4 Å². The van der Waals surface area contributed by atoms with Crippen LogP contribution in [0.1, 0.15) is 25.1 Å². The van der Waals surface area contributed by atoms with Crippen LogP contribution in [0, 0.1) is 0 Å². The second kappa shape index (κ2) is 5.34. The topological polar surface area (TPSA) is 42.1 Å². The Bertz CT molecular complexity index is 462. The lowest BCUT2D eigenvalue weighted by atomic mass is 10.1. The van der Waals surface area contributed by atoms with Crippen LogP contribution in [-0.2, 0) is 4.79 Å². The molecule has 0 aliphatic rings. The molecule has 0 amide bonds. The average molecular weight is 229 g/mol. The molecule has 1 aromatic heterocycles. The van der Waals surface area contributed by atoms with E-state index in [0.717, 1.165) is 5.69 Å². The number of aromatic nitrogens is 1. The summed E-state index contributed by atoms with van der Waals surface area (Å²) >= 11 is 0. The molecule has 0 spiro atoms. The third-order valence-electron chi connectivity index (χ3n) is 2.54. The summed E-state index contributed by atoms with van der Waals surface area (Å²) in [5.74, 6) is 0.769. The van der Waals surface area contributed by atoms with Gasteiger partial charge in [-0.1, -0.05) is 25.1 Å². The number of carbonyl (C=O) groups excluding carboxylic acids is 1. The molecule has 0 saturated heterocycles. The monoisotopic (exact) mass is 229 g/mol. The fourth-order valence-electron chi connectivity index (χ4n) is 1.63. The number of H-pyrrole nitrogens is 1. The first-order valence-corrected chi connectivity index (χ1v) is 5.69. The summed E-state index contributed by atoms with van der Waals surface area (Å²) in [6.07, 6.45) is 1.70. The van der Waals surface area contributed by atoms with Gasteiger partial charge in [0, 0.05) is 12.6 Å². The van der Waals surface area contributed by atoms with Gasteiger partial charge in [-0.2, -0.15) is 0 Å². The Kier molecular flexibility index (Phi) is 3.60. The molecule has 1 atom stereocenters. The van der Waals surface area contributed by atoms with Gasteiger partial charge in [-0.3, -0.25) is 4.79 Å². The maximum Gasteiger partial charge on any atom is 0.196 e. The predicted molar refractivity (Wildman–Crippen MR) is 65.9 cm³/mol. The lowest BCUT2D eigenvalue weighted by Crippen LogP contribution is -2.18. The summed E-state index contributed by atoms with van der Waals surface area (Å²) in [5.41, 5.74) is 0.792. The van der Waals surface area contributed by atoms with Crippen LogP contribution >= 0.6 is 0 Å². The number of aromatic amines is 1. The molecule has 88 valence electrons. The quantitative estimate of drug-likeness (QED) is 0.855. The maximum absolute atomic E-state index is 11.9. The summed E-state index contributed by atoms with van der Waals surface area (Å²) in [6.45, 7) is 1.84. The molecule has 1 aromatic carbocycles. The molecule has 1 unspecified atom stereocenters. The Morgan fingerprint density at radius 2 is 2.00 bits per heavy atom. The van der Waals surface area contributed by atoms with Crippen LogP contribution in [0.25, 0.3) is 0 Å². The smallest absolute Gasteiger partial charge is 0.196 e. The van der Waals surface area contributed by atoms with Gasteiger partial charge in [0.15, 0.2) is 11.9 Å². The van der Waals surface area contributed by atoms with Gasteiger partial charge in [0.1, 0.15) is 5.75 Å². The third-order valence-corrected chi connectivity index (χ3v) is 2.54. The first-order valence-electron chi connectivity index (χ1n) is 5.69. The molecule has 0 radical (unpaired) electrons. The molecule has 17 heavy (non-hydrogen) atoms. The molecular formula is C14H15NO2. The number of ether oxygens (including phenoxy) is 1. The van der Waals surface area contributed by atoms with Gasteiger partial charge in [-0.25, -0.2) is 0 Å². The van der Waals surface area contributed by atoms with E-state index in [1.165, 1.54) is 0 Å². The van der Waals surface area contributed by atoms with Crippen molar-refractivity contribution in [1.82, 2.24) is 4.98 Å². The largest absolute Gasteiger partial charge is 0.476 e. The minimum absolute atomic E-state index is 0.0660. The van der Waals surface area contributed by atoms with Gasteiger partial charge >= 0.3 is 0 Å². The number of ketones is 1. The fourth-order valence-corrected chi connectivity index (χ4v) is 1.63. The molecule has 1 N–H and O–H groups in total. The number of benzene rings is 1. The summed E-state index contributed by atoms with van der Waals surface area (Å²) in [7, 11) is 0. The average Bonchev–Trinajstić information content (AvgIpc) is 2.90.